The largest absolute Gasteiger partial charge is 0.433 e. The zero-order valence-corrected chi connectivity index (χ0v) is 16.5. The molecule has 11 heteroatoms. The Labute approximate surface area is 176 Å². The van der Waals surface area contributed by atoms with Gasteiger partial charge < -0.3 is 4.90 Å². The van der Waals surface area contributed by atoms with E-state index in [0.717, 1.165) is 18.0 Å². The molecule has 0 aliphatic carbocycles. The summed E-state index contributed by atoms with van der Waals surface area (Å²) in [6.07, 6.45) is -0.217. The van der Waals surface area contributed by atoms with Crippen molar-refractivity contribution in [3.63, 3.8) is 0 Å². The normalized spacial score (nSPS) is 15.3. The second-order valence-electron chi connectivity index (χ2n) is 7.10. The topological polar surface area (TPSA) is 80.0 Å². The van der Waals surface area contributed by atoms with Gasteiger partial charge in [0.25, 0.3) is 5.56 Å². The van der Waals surface area contributed by atoms with Crippen molar-refractivity contribution >= 4 is 5.82 Å². The monoisotopic (exact) mass is 431 g/mol. The van der Waals surface area contributed by atoms with Gasteiger partial charge in [0.2, 0.25) is 0 Å². The van der Waals surface area contributed by atoms with Gasteiger partial charge in [-0.05, 0) is 18.2 Å². The zero-order valence-electron chi connectivity index (χ0n) is 16.5. The Kier molecular flexibility index (Phi) is 5.94. The van der Waals surface area contributed by atoms with Crippen LogP contribution in [0.25, 0.3) is 11.3 Å². The van der Waals surface area contributed by atoms with Crippen molar-refractivity contribution in [2.45, 2.75) is 12.7 Å². The van der Waals surface area contributed by atoms with Gasteiger partial charge in [-0.15, -0.1) is 0 Å². The third-order valence-electron chi connectivity index (χ3n) is 5.11. The van der Waals surface area contributed by atoms with E-state index in [9.17, 15) is 18.0 Å². The second kappa shape index (κ2) is 8.80. The zero-order chi connectivity index (χ0) is 21.8. The molecule has 0 saturated carbocycles. The van der Waals surface area contributed by atoms with Crippen LogP contribution in [0.5, 0.6) is 0 Å². The van der Waals surface area contributed by atoms with Gasteiger partial charge >= 0.3 is 6.18 Å². The quantitative estimate of drug-likeness (QED) is 0.611. The maximum Gasteiger partial charge on any atom is 0.433 e. The Morgan fingerprint density at radius 1 is 0.935 bits per heavy atom. The molecule has 3 aromatic rings. The Morgan fingerprint density at radius 2 is 1.68 bits per heavy atom. The molecule has 31 heavy (non-hydrogen) atoms. The number of nitrogens with zero attached hydrogens (tertiary/aromatic N) is 7. The molecule has 3 aromatic heterocycles. The Morgan fingerprint density at radius 3 is 2.39 bits per heavy atom. The van der Waals surface area contributed by atoms with E-state index in [-0.39, 0.29) is 11.4 Å². The first-order valence-corrected chi connectivity index (χ1v) is 9.75. The molecule has 0 aromatic carbocycles. The summed E-state index contributed by atoms with van der Waals surface area (Å²) < 4.78 is 40.1. The van der Waals surface area contributed by atoms with Crippen LogP contribution in [-0.2, 0) is 12.7 Å². The molecule has 4 rings (SSSR count). The van der Waals surface area contributed by atoms with Crippen molar-refractivity contribution < 1.29 is 13.2 Å². The van der Waals surface area contributed by atoms with Crippen molar-refractivity contribution in [1.29, 1.82) is 0 Å². The van der Waals surface area contributed by atoms with Crippen molar-refractivity contribution in [2.75, 3.05) is 37.6 Å². The van der Waals surface area contributed by atoms with Gasteiger partial charge in [0.1, 0.15) is 17.8 Å². The molecule has 0 amide bonds. The van der Waals surface area contributed by atoms with Gasteiger partial charge in [-0.2, -0.15) is 18.3 Å². The molecule has 8 nitrogen and oxygen atoms in total. The van der Waals surface area contributed by atoms with E-state index in [1.165, 1.54) is 10.7 Å². The average Bonchev–Trinajstić information content (AvgIpc) is 2.79. The molecule has 0 atom stereocenters. The number of anilines is 1. The van der Waals surface area contributed by atoms with Gasteiger partial charge in [0.15, 0.2) is 0 Å². The predicted molar refractivity (Wildman–Crippen MR) is 107 cm³/mol. The van der Waals surface area contributed by atoms with Crippen LogP contribution in [-0.4, -0.2) is 62.4 Å². The SMILES string of the molecule is O=c1ccc(-c2ccncc2)nn1CCN1CCN(c2cc(C(F)(F)F)ncn2)CC1. The van der Waals surface area contributed by atoms with Crippen molar-refractivity contribution in [1.82, 2.24) is 29.6 Å². The minimum absolute atomic E-state index is 0.183. The molecule has 1 saturated heterocycles. The first-order valence-electron chi connectivity index (χ1n) is 9.75. The molecule has 0 spiro atoms. The maximum atomic E-state index is 12.9. The molecule has 0 unspecified atom stereocenters. The number of aromatic nitrogens is 5. The molecule has 0 bridgehead atoms. The molecule has 0 radical (unpaired) electrons. The van der Waals surface area contributed by atoms with E-state index in [2.05, 4.69) is 25.0 Å². The summed E-state index contributed by atoms with van der Waals surface area (Å²) >= 11 is 0. The number of hydrogen-bond donors (Lipinski definition) is 0. The van der Waals surface area contributed by atoms with E-state index in [0.29, 0.717) is 45.0 Å². The molecule has 4 heterocycles. The molecule has 0 N–H and O–H groups in total. The molecule has 162 valence electrons. The lowest BCUT2D eigenvalue weighted by atomic mass is 10.2. The lowest BCUT2D eigenvalue weighted by molar-refractivity contribution is -0.141. The van der Waals surface area contributed by atoms with Crippen LogP contribution in [0.1, 0.15) is 5.69 Å². The van der Waals surface area contributed by atoms with Gasteiger partial charge in [0, 0.05) is 62.8 Å². The third kappa shape index (κ3) is 5.05. The fourth-order valence-electron chi connectivity index (χ4n) is 3.40. The summed E-state index contributed by atoms with van der Waals surface area (Å²) in [4.78, 5) is 27.4. The van der Waals surface area contributed by atoms with Crippen LogP contribution in [0.4, 0.5) is 19.0 Å². The molecule has 1 fully saturated rings. The lowest BCUT2D eigenvalue weighted by Gasteiger charge is -2.35. The first-order chi connectivity index (χ1) is 14.9. The maximum absolute atomic E-state index is 12.9. The van der Waals surface area contributed by atoms with Crippen molar-refractivity contribution in [3.8, 4) is 11.3 Å². The van der Waals surface area contributed by atoms with Crippen molar-refractivity contribution in [2.24, 2.45) is 0 Å². The molecule has 1 aliphatic heterocycles. The summed E-state index contributed by atoms with van der Waals surface area (Å²) in [7, 11) is 0. The summed E-state index contributed by atoms with van der Waals surface area (Å²) in [5.41, 5.74) is 0.438. The minimum Gasteiger partial charge on any atom is -0.354 e. The van der Waals surface area contributed by atoms with Gasteiger partial charge in [-0.1, -0.05) is 0 Å². The highest BCUT2D eigenvalue weighted by Gasteiger charge is 2.33. The fraction of sp³-hybridized carbons (Fsp3) is 0.350. The number of halogens is 3. The van der Waals surface area contributed by atoms with E-state index in [4.69, 9.17) is 0 Å². The van der Waals surface area contributed by atoms with Crippen molar-refractivity contribution in [3.05, 3.63) is 65.1 Å². The third-order valence-corrected chi connectivity index (χ3v) is 5.11. The summed E-state index contributed by atoms with van der Waals surface area (Å²) in [5, 5.41) is 4.44. The number of hydrogen-bond acceptors (Lipinski definition) is 7. The van der Waals surface area contributed by atoms with Crippen LogP contribution in [0.3, 0.4) is 0 Å². The Bertz CT molecular complexity index is 1080. The minimum atomic E-state index is -4.50. The highest BCUT2D eigenvalue weighted by Crippen LogP contribution is 2.29. The van der Waals surface area contributed by atoms with Crippen LogP contribution >= 0.6 is 0 Å². The second-order valence-corrected chi connectivity index (χ2v) is 7.10. The number of alkyl halides is 3. The average molecular weight is 431 g/mol. The standard InChI is InChI=1S/C20H20F3N7O/c21-20(22,23)17-13-18(26-14-25-17)29-10-7-28(8-11-29)9-12-30-19(31)2-1-16(27-30)15-3-5-24-6-4-15/h1-6,13-14H,7-12H2. The van der Waals surface area contributed by atoms with Gasteiger partial charge in [-0.3, -0.25) is 14.7 Å². The van der Waals surface area contributed by atoms with E-state index < -0.39 is 11.9 Å². The van der Waals surface area contributed by atoms with Crippen LogP contribution in [0.2, 0.25) is 0 Å². The molecular formula is C20H20F3N7O. The summed E-state index contributed by atoms with van der Waals surface area (Å²) in [5.74, 6) is 0.268. The molecule has 1 aliphatic rings. The highest BCUT2D eigenvalue weighted by atomic mass is 19.4. The van der Waals surface area contributed by atoms with E-state index >= 15 is 0 Å². The lowest BCUT2D eigenvalue weighted by Crippen LogP contribution is -2.48. The summed E-state index contributed by atoms with van der Waals surface area (Å²) in [6, 6.07) is 7.81. The van der Waals surface area contributed by atoms with E-state index in [1.54, 1.807) is 18.5 Å². The van der Waals surface area contributed by atoms with Crippen LogP contribution < -0.4 is 10.5 Å². The number of pyridine rings is 1. The smallest absolute Gasteiger partial charge is 0.354 e. The van der Waals surface area contributed by atoms with Gasteiger partial charge in [0.05, 0.1) is 12.2 Å². The van der Waals surface area contributed by atoms with Gasteiger partial charge in [-0.25, -0.2) is 14.6 Å². The van der Waals surface area contributed by atoms with Crippen LogP contribution in [0, 0.1) is 0 Å². The van der Waals surface area contributed by atoms with Crippen LogP contribution in [0.15, 0.2) is 53.8 Å². The summed E-state index contributed by atoms with van der Waals surface area (Å²) in [6.45, 7) is 3.39. The van der Waals surface area contributed by atoms with E-state index in [1.807, 2.05) is 17.0 Å². The fourth-order valence-corrected chi connectivity index (χ4v) is 3.40. The molecular weight excluding hydrogens is 411 g/mol. The predicted octanol–water partition coefficient (Wildman–Crippen LogP) is 1.94. The number of piperazine rings is 1. The number of rotatable bonds is 5. The highest BCUT2D eigenvalue weighted by molar-refractivity contribution is 5.57. The first kappa shape index (κ1) is 20.9. The Balaban J connectivity index is 1.36. The Hall–Kier alpha value is -3.34.